The highest BCUT2D eigenvalue weighted by Crippen LogP contribution is 2.17. The average Bonchev–Trinajstić information content (AvgIpc) is 2.19. The van der Waals surface area contributed by atoms with Gasteiger partial charge >= 0.3 is 18.2 Å². The summed E-state index contributed by atoms with van der Waals surface area (Å²) in [6.07, 6.45) is -5.63. The lowest BCUT2D eigenvalue weighted by molar-refractivity contribution is -0.185. The Morgan fingerprint density at radius 1 is 1.21 bits per heavy atom. The number of ether oxygens (including phenoxy) is 1. The summed E-state index contributed by atoms with van der Waals surface area (Å²) in [5.41, 5.74) is -0.684. The van der Waals surface area contributed by atoms with Gasteiger partial charge < -0.3 is 15.0 Å². The quantitative estimate of drug-likeness (QED) is 0.858. The summed E-state index contributed by atoms with van der Waals surface area (Å²) in [5, 5.41) is 2.29. The second-order valence-electron chi connectivity index (χ2n) is 4.81. The van der Waals surface area contributed by atoms with E-state index < -0.39 is 23.8 Å². The molecule has 0 aliphatic heterocycles. The van der Waals surface area contributed by atoms with Crippen LogP contribution in [0, 0.1) is 0 Å². The molecule has 0 unspecified atom stereocenters. The Morgan fingerprint density at radius 2 is 1.74 bits per heavy atom. The zero-order valence-electron chi connectivity index (χ0n) is 11.4. The highest BCUT2D eigenvalue weighted by molar-refractivity contribution is 5.81. The van der Waals surface area contributed by atoms with Gasteiger partial charge in [-0.3, -0.25) is 4.79 Å². The lowest BCUT2D eigenvalue weighted by Crippen LogP contribution is -2.45. The van der Waals surface area contributed by atoms with E-state index in [1.54, 1.807) is 20.8 Å². The van der Waals surface area contributed by atoms with Crippen molar-refractivity contribution in [1.29, 1.82) is 0 Å². The van der Waals surface area contributed by atoms with E-state index in [0.717, 1.165) is 0 Å². The summed E-state index contributed by atoms with van der Waals surface area (Å²) in [4.78, 5) is 22.8. The van der Waals surface area contributed by atoms with Crippen LogP contribution in [0.3, 0.4) is 0 Å². The Balaban J connectivity index is 4.18. The van der Waals surface area contributed by atoms with Crippen LogP contribution in [0.2, 0.25) is 0 Å². The van der Waals surface area contributed by atoms with Gasteiger partial charge in [-0.15, -0.1) is 0 Å². The summed E-state index contributed by atoms with van der Waals surface area (Å²) in [7, 11) is 0. The number of carbonyl (C=O) groups excluding carboxylic acids is 2. The van der Waals surface area contributed by atoms with E-state index in [0.29, 0.717) is 4.90 Å². The molecule has 1 N–H and O–H groups in total. The number of rotatable bonds is 4. The molecule has 112 valence electrons. The lowest BCUT2D eigenvalue weighted by Gasteiger charge is -2.23. The topological polar surface area (TPSA) is 58.6 Å². The molecule has 0 fully saturated rings. The largest absolute Gasteiger partial charge is 0.471 e. The number of amides is 2. The molecule has 0 aliphatic carbocycles. The number of alkyl halides is 3. The van der Waals surface area contributed by atoms with Gasteiger partial charge in [0, 0.05) is 19.6 Å². The standard InChI is InChI=1S/C11H19F3N2O3/c1-5-16(8(17)11(12,13)14)7-6-15-9(18)19-10(2,3)4/h5-7H2,1-4H3,(H,15,18). The van der Waals surface area contributed by atoms with Gasteiger partial charge in [-0.1, -0.05) is 0 Å². The van der Waals surface area contributed by atoms with Crippen LogP contribution in [-0.4, -0.2) is 48.3 Å². The van der Waals surface area contributed by atoms with Crippen molar-refractivity contribution in [3.05, 3.63) is 0 Å². The minimum atomic E-state index is -4.90. The third-order valence-electron chi connectivity index (χ3n) is 1.96. The Labute approximate surface area is 110 Å². The maximum atomic E-state index is 12.2. The Kier molecular flexibility index (Phi) is 6.11. The van der Waals surface area contributed by atoms with Crippen molar-refractivity contribution in [2.24, 2.45) is 0 Å². The monoisotopic (exact) mass is 284 g/mol. The molecule has 0 aromatic carbocycles. The highest BCUT2D eigenvalue weighted by atomic mass is 19.4. The second-order valence-corrected chi connectivity index (χ2v) is 4.81. The van der Waals surface area contributed by atoms with Crippen LogP contribution < -0.4 is 5.32 Å². The summed E-state index contributed by atoms with van der Waals surface area (Å²) in [6, 6.07) is 0. The summed E-state index contributed by atoms with van der Waals surface area (Å²) in [6.45, 7) is 6.00. The minimum Gasteiger partial charge on any atom is -0.444 e. The number of hydrogen-bond donors (Lipinski definition) is 1. The van der Waals surface area contributed by atoms with Crippen molar-refractivity contribution in [1.82, 2.24) is 10.2 Å². The first-order valence-electron chi connectivity index (χ1n) is 5.80. The van der Waals surface area contributed by atoms with E-state index in [2.05, 4.69) is 5.32 Å². The van der Waals surface area contributed by atoms with Crippen LogP contribution in [0.5, 0.6) is 0 Å². The number of nitrogens with zero attached hydrogens (tertiary/aromatic N) is 1. The van der Waals surface area contributed by atoms with Crippen molar-refractivity contribution in [3.8, 4) is 0 Å². The molecule has 0 aliphatic rings. The maximum Gasteiger partial charge on any atom is 0.471 e. The van der Waals surface area contributed by atoms with Crippen molar-refractivity contribution in [2.45, 2.75) is 39.5 Å². The fourth-order valence-electron chi connectivity index (χ4n) is 1.19. The number of halogens is 3. The van der Waals surface area contributed by atoms with Crippen molar-refractivity contribution in [3.63, 3.8) is 0 Å². The first-order valence-corrected chi connectivity index (χ1v) is 5.80. The van der Waals surface area contributed by atoms with Gasteiger partial charge in [-0.2, -0.15) is 13.2 Å². The Hall–Kier alpha value is -1.47. The van der Waals surface area contributed by atoms with Crippen LogP contribution in [0.1, 0.15) is 27.7 Å². The van der Waals surface area contributed by atoms with Gasteiger partial charge in [0.25, 0.3) is 0 Å². The van der Waals surface area contributed by atoms with Gasteiger partial charge in [0.05, 0.1) is 0 Å². The summed E-state index contributed by atoms with van der Waals surface area (Å²) >= 11 is 0. The predicted octanol–water partition coefficient (Wildman–Crippen LogP) is 1.92. The average molecular weight is 284 g/mol. The van der Waals surface area contributed by atoms with E-state index in [9.17, 15) is 22.8 Å². The molecule has 0 radical (unpaired) electrons. The fraction of sp³-hybridized carbons (Fsp3) is 0.818. The van der Waals surface area contributed by atoms with Gasteiger partial charge in [0.1, 0.15) is 5.60 Å². The lowest BCUT2D eigenvalue weighted by atomic mass is 10.2. The van der Waals surface area contributed by atoms with E-state index >= 15 is 0 Å². The molecule has 2 amide bonds. The van der Waals surface area contributed by atoms with Crippen molar-refractivity contribution < 1.29 is 27.5 Å². The van der Waals surface area contributed by atoms with Crippen LogP contribution in [0.25, 0.3) is 0 Å². The molecular weight excluding hydrogens is 265 g/mol. The van der Waals surface area contributed by atoms with Crippen molar-refractivity contribution in [2.75, 3.05) is 19.6 Å². The molecule has 0 heterocycles. The molecule has 0 rings (SSSR count). The van der Waals surface area contributed by atoms with Crippen LogP contribution in [-0.2, 0) is 9.53 Å². The summed E-state index contributed by atoms with van der Waals surface area (Å²) < 4.78 is 41.5. The fourth-order valence-corrected chi connectivity index (χ4v) is 1.19. The normalized spacial score (nSPS) is 11.9. The van der Waals surface area contributed by atoms with E-state index in [4.69, 9.17) is 4.74 Å². The number of carbonyl (C=O) groups is 2. The first-order chi connectivity index (χ1) is 8.47. The van der Waals surface area contributed by atoms with Gasteiger partial charge in [-0.25, -0.2) is 4.79 Å². The number of nitrogens with one attached hydrogen (secondary N) is 1. The number of hydrogen-bond acceptors (Lipinski definition) is 3. The maximum absolute atomic E-state index is 12.2. The van der Waals surface area contributed by atoms with E-state index in [1.807, 2.05) is 0 Å². The molecule has 0 saturated carbocycles. The predicted molar refractivity (Wildman–Crippen MR) is 62.5 cm³/mol. The molecule has 0 aromatic rings. The molecule has 0 saturated heterocycles. The molecule has 0 bridgehead atoms. The van der Waals surface area contributed by atoms with Crippen molar-refractivity contribution >= 4 is 12.0 Å². The number of likely N-dealkylation sites (N-methyl/N-ethyl adjacent to an activating group) is 1. The first kappa shape index (κ1) is 17.5. The molecule has 0 atom stereocenters. The van der Waals surface area contributed by atoms with E-state index in [-0.39, 0.29) is 19.6 Å². The number of alkyl carbamates (subject to hydrolysis) is 1. The van der Waals surface area contributed by atoms with Gasteiger partial charge in [-0.05, 0) is 27.7 Å². The second kappa shape index (κ2) is 6.63. The molecule has 8 heteroatoms. The Bertz CT molecular complexity index is 324. The molecule has 19 heavy (non-hydrogen) atoms. The molecule has 0 spiro atoms. The van der Waals surface area contributed by atoms with Gasteiger partial charge in [0.15, 0.2) is 0 Å². The summed E-state index contributed by atoms with van der Waals surface area (Å²) in [5.74, 6) is -1.92. The van der Waals surface area contributed by atoms with Crippen LogP contribution >= 0.6 is 0 Å². The molecule has 5 nitrogen and oxygen atoms in total. The molecule has 0 aromatic heterocycles. The third-order valence-corrected chi connectivity index (χ3v) is 1.96. The van der Waals surface area contributed by atoms with Crippen LogP contribution in [0.15, 0.2) is 0 Å². The molecular formula is C11H19F3N2O3. The SMILES string of the molecule is CCN(CCNC(=O)OC(C)(C)C)C(=O)C(F)(F)F. The smallest absolute Gasteiger partial charge is 0.444 e. The van der Waals surface area contributed by atoms with E-state index in [1.165, 1.54) is 6.92 Å². The van der Waals surface area contributed by atoms with Crippen LogP contribution in [0.4, 0.5) is 18.0 Å². The third kappa shape index (κ3) is 7.53. The zero-order chi connectivity index (χ0) is 15.3. The highest BCUT2D eigenvalue weighted by Gasteiger charge is 2.41. The Morgan fingerprint density at radius 3 is 2.11 bits per heavy atom. The minimum absolute atomic E-state index is 0.0889. The zero-order valence-corrected chi connectivity index (χ0v) is 11.4. The van der Waals surface area contributed by atoms with Gasteiger partial charge in [0.2, 0.25) is 0 Å².